The van der Waals surface area contributed by atoms with Crippen molar-refractivity contribution in [1.82, 2.24) is 29.1 Å². The summed E-state index contributed by atoms with van der Waals surface area (Å²) >= 11 is 0. The van der Waals surface area contributed by atoms with Crippen LogP contribution in [-0.2, 0) is 20.0 Å². The molecule has 1 aliphatic rings. The van der Waals surface area contributed by atoms with Gasteiger partial charge in [-0.15, -0.1) is 0 Å². The fourth-order valence-corrected chi connectivity index (χ4v) is 6.50. The van der Waals surface area contributed by atoms with Crippen LogP contribution >= 0.6 is 0 Å². The fraction of sp³-hybridized carbons (Fsp3) is 0.412. The monoisotopic (exact) mass is 609 g/mol. The van der Waals surface area contributed by atoms with Gasteiger partial charge in [-0.1, -0.05) is 51.0 Å². The van der Waals surface area contributed by atoms with Crippen molar-refractivity contribution in [1.29, 1.82) is 0 Å². The third-order valence-electron chi connectivity index (χ3n) is 8.22. The first-order valence-corrected chi connectivity index (χ1v) is 16.7. The van der Waals surface area contributed by atoms with Crippen LogP contribution < -0.4 is 10.3 Å². The van der Waals surface area contributed by atoms with Gasteiger partial charge in [-0.2, -0.15) is 5.10 Å². The summed E-state index contributed by atoms with van der Waals surface area (Å²) in [4.78, 5) is 39.8. The lowest BCUT2D eigenvalue weighted by molar-refractivity contribution is 0.0658. The predicted octanol–water partition coefficient (Wildman–Crippen LogP) is 4.90. The molecule has 3 heterocycles. The molecule has 0 aliphatic carbocycles. The lowest BCUT2D eigenvalue weighted by Crippen LogP contribution is -2.43. The van der Waals surface area contributed by atoms with E-state index >= 15 is 0 Å². The molecule has 2 aromatic heterocycles. The summed E-state index contributed by atoms with van der Waals surface area (Å²) in [6.45, 7) is 10.3. The van der Waals surface area contributed by atoms with Gasteiger partial charge in [0.25, 0.3) is 11.8 Å². The maximum absolute atomic E-state index is 14.4. The summed E-state index contributed by atoms with van der Waals surface area (Å²) in [6.07, 6.45) is 8.53. The Kier molecular flexibility index (Phi) is 9.99. The van der Waals surface area contributed by atoms with Gasteiger partial charge in [0.1, 0.15) is 0 Å². The van der Waals surface area contributed by atoms with Crippen LogP contribution in [0.2, 0.25) is 0 Å². The number of benzene rings is 2. The Morgan fingerprint density at radius 2 is 1.77 bits per heavy atom. The molecule has 5 rings (SSSR count). The van der Waals surface area contributed by atoms with Crippen LogP contribution in [0.5, 0.6) is 0 Å². The van der Waals surface area contributed by atoms with Crippen molar-refractivity contribution in [2.75, 3.05) is 18.1 Å². The molecule has 9 nitrogen and oxygen atoms in total. The molecule has 1 N–H and O–H groups in total. The zero-order chi connectivity index (χ0) is 31.2. The lowest BCUT2D eigenvalue weighted by atomic mass is 9.94. The number of nitrogens with zero attached hydrogens (tertiary/aromatic N) is 6. The van der Waals surface area contributed by atoms with Gasteiger partial charge in [0.05, 0.1) is 22.9 Å². The van der Waals surface area contributed by atoms with E-state index in [-0.39, 0.29) is 27.5 Å². The minimum atomic E-state index is -0.0577. The van der Waals surface area contributed by atoms with Crippen LogP contribution in [0.4, 0.5) is 5.69 Å². The Morgan fingerprint density at radius 1 is 1.05 bits per heavy atom. The molecule has 2 radical (unpaired) electrons. The number of carbonyl (C=O) groups excluding carboxylic acids is 2. The molecule has 0 bridgehead atoms. The van der Waals surface area contributed by atoms with Crippen molar-refractivity contribution in [2.24, 2.45) is 7.05 Å². The van der Waals surface area contributed by atoms with Gasteiger partial charge in [0.15, 0.2) is 5.69 Å². The lowest BCUT2D eigenvalue weighted by Gasteiger charge is -2.35. The van der Waals surface area contributed by atoms with E-state index in [1.807, 2.05) is 64.9 Å². The van der Waals surface area contributed by atoms with Gasteiger partial charge >= 0.3 is 0 Å². The van der Waals surface area contributed by atoms with Crippen LogP contribution in [0.1, 0.15) is 84.1 Å². The molecule has 2 aromatic carbocycles. The summed E-state index contributed by atoms with van der Waals surface area (Å²) in [5.41, 5.74) is 5.72. The second kappa shape index (κ2) is 14.1. The number of aromatic nitrogens is 4. The molecule has 0 saturated heterocycles. The second-order valence-electron chi connectivity index (χ2n) is 11.7. The molecule has 0 unspecified atom stereocenters. The summed E-state index contributed by atoms with van der Waals surface area (Å²) in [7, 11) is 2.20. The van der Waals surface area contributed by atoms with Gasteiger partial charge in [-0.25, -0.2) is 9.67 Å². The molecule has 1 aliphatic heterocycles. The summed E-state index contributed by atoms with van der Waals surface area (Å²) in [6, 6.07) is 16.0. The minimum absolute atomic E-state index is 0.0406. The van der Waals surface area contributed by atoms with Crippen molar-refractivity contribution in [3.8, 4) is 5.69 Å². The largest absolute Gasteiger partial charge is 0.407 e. The molecule has 1 atom stereocenters. The average Bonchev–Trinajstić information content (AvgIpc) is 3.63. The van der Waals surface area contributed by atoms with Crippen molar-refractivity contribution >= 4 is 32.5 Å². The number of rotatable bonds is 12. The molecule has 230 valence electrons. The van der Waals surface area contributed by atoms with Gasteiger partial charge in [-0.05, 0) is 68.5 Å². The number of unbranched alkanes of at least 4 members (excludes halogenated alkanes) is 2. The van der Waals surface area contributed by atoms with Crippen molar-refractivity contribution in [2.45, 2.75) is 72.4 Å². The Bertz CT molecular complexity index is 1600. The number of carbonyl (C=O) groups is 2. The highest BCUT2D eigenvalue weighted by molar-refractivity contribution is 6.55. The standard InChI is InChI=1S/C34H43N7O2Si/c1-6-8-16-39(17-9-7-2)34(43)30-19-25(4)41(36-30)31-15-14-28(37-44-32-22-38(5)23-35-32)20-29(31)33(42)40-21-27-13-11-10-12-26(27)18-24(40)3/h10-15,19-20,22-24,37H,6-9,16-18,21H2,1-5H3/t24-/m1/s1. The number of aryl methyl sites for hydroxylation is 2. The number of imidazole rings is 1. The van der Waals surface area contributed by atoms with E-state index in [2.05, 4.69) is 48.9 Å². The number of amides is 2. The number of hydrogen-bond acceptors (Lipinski definition) is 5. The van der Waals surface area contributed by atoms with E-state index in [0.29, 0.717) is 23.5 Å². The number of fused-ring (bicyclic) bond motifs is 1. The molecule has 10 heteroatoms. The molecule has 4 aromatic rings. The van der Waals surface area contributed by atoms with Gasteiger partial charge in [0.2, 0.25) is 9.68 Å². The van der Waals surface area contributed by atoms with Crippen LogP contribution in [0.15, 0.2) is 61.1 Å². The maximum atomic E-state index is 14.4. The Morgan fingerprint density at radius 3 is 2.45 bits per heavy atom. The highest BCUT2D eigenvalue weighted by Gasteiger charge is 2.30. The summed E-state index contributed by atoms with van der Waals surface area (Å²) in [5, 5.41) is 5.75. The van der Waals surface area contributed by atoms with Gasteiger partial charge < -0.3 is 19.3 Å². The molecular weight excluding hydrogens is 567 g/mol. The molecule has 2 amide bonds. The van der Waals surface area contributed by atoms with Crippen molar-refractivity contribution in [3.63, 3.8) is 0 Å². The van der Waals surface area contributed by atoms with Crippen molar-refractivity contribution < 1.29 is 9.59 Å². The molecule has 0 fully saturated rings. The summed E-state index contributed by atoms with van der Waals surface area (Å²) < 4.78 is 3.67. The van der Waals surface area contributed by atoms with Gasteiger partial charge in [-0.3, -0.25) is 9.59 Å². The second-order valence-corrected chi connectivity index (χ2v) is 12.8. The van der Waals surface area contributed by atoms with Gasteiger partial charge in [0, 0.05) is 50.3 Å². The molecule has 0 spiro atoms. The minimum Gasteiger partial charge on any atom is -0.407 e. The number of hydrogen-bond donors (Lipinski definition) is 1. The highest BCUT2D eigenvalue weighted by Crippen LogP contribution is 2.29. The van der Waals surface area contributed by atoms with E-state index in [1.54, 1.807) is 11.0 Å². The Labute approximate surface area is 263 Å². The molecular formula is C34H43N7O2Si. The maximum Gasteiger partial charge on any atom is 0.274 e. The Hall–Kier alpha value is -4.18. The zero-order valence-electron chi connectivity index (χ0n) is 26.5. The fourth-order valence-electron chi connectivity index (χ4n) is 5.69. The van der Waals surface area contributed by atoms with Crippen LogP contribution in [0.25, 0.3) is 5.69 Å². The third-order valence-corrected chi connectivity index (χ3v) is 9.15. The normalized spacial score (nSPS) is 14.4. The highest BCUT2D eigenvalue weighted by atomic mass is 28.2. The smallest absolute Gasteiger partial charge is 0.274 e. The van der Waals surface area contributed by atoms with Crippen LogP contribution in [0, 0.1) is 6.92 Å². The zero-order valence-corrected chi connectivity index (χ0v) is 27.5. The quantitative estimate of drug-likeness (QED) is 0.231. The predicted molar refractivity (Wildman–Crippen MR) is 176 cm³/mol. The SMILES string of the molecule is CCCCN(CCCC)C(=O)c1cc(C)n(-c2ccc(N[Si]c3cn(C)cn3)cc2C(=O)N2Cc3ccccc3C[C@H]2C)n1. The molecule has 44 heavy (non-hydrogen) atoms. The number of anilines is 1. The van der Waals surface area contributed by atoms with E-state index in [1.165, 1.54) is 11.1 Å². The topological polar surface area (TPSA) is 88.3 Å². The van der Waals surface area contributed by atoms with E-state index in [0.717, 1.165) is 61.9 Å². The third kappa shape index (κ3) is 6.96. The van der Waals surface area contributed by atoms with E-state index in [4.69, 9.17) is 5.10 Å². The first kappa shape index (κ1) is 31.2. The average molecular weight is 610 g/mol. The van der Waals surface area contributed by atoms with Crippen LogP contribution in [-0.4, -0.2) is 69.8 Å². The summed E-state index contributed by atoms with van der Waals surface area (Å²) in [5.74, 6) is -0.111. The van der Waals surface area contributed by atoms with Crippen LogP contribution in [0.3, 0.4) is 0 Å². The van der Waals surface area contributed by atoms with E-state index in [9.17, 15) is 9.59 Å². The first-order valence-electron chi connectivity index (χ1n) is 15.7. The molecule has 0 saturated carbocycles. The first-order chi connectivity index (χ1) is 21.3. The van der Waals surface area contributed by atoms with E-state index < -0.39 is 0 Å². The Balaban J connectivity index is 1.49. The van der Waals surface area contributed by atoms with Crippen molar-refractivity contribution in [3.05, 3.63) is 89.1 Å². The number of nitrogens with one attached hydrogen (secondary N) is 1.